The van der Waals surface area contributed by atoms with Gasteiger partial charge in [0.25, 0.3) is 5.91 Å². The molecule has 0 spiro atoms. The van der Waals surface area contributed by atoms with E-state index < -0.39 is 0 Å². The summed E-state index contributed by atoms with van der Waals surface area (Å²) in [5.74, 6) is 0.263. The molecule has 0 aliphatic heterocycles. The van der Waals surface area contributed by atoms with E-state index in [4.69, 9.17) is 15.2 Å². The Hall–Kier alpha value is -1.75. The normalized spacial score (nSPS) is 10.1. The highest BCUT2D eigenvalue weighted by atomic mass is 16.5. The lowest BCUT2D eigenvalue weighted by molar-refractivity contribution is 0.0942. The van der Waals surface area contributed by atoms with Gasteiger partial charge in [-0.1, -0.05) is 6.07 Å². The van der Waals surface area contributed by atoms with Gasteiger partial charge in [-0.05, 0) is 25.5 Å². The Bertz CT molecular complexity index is 394. The maximum Gasteiger partial charge on any atom is 0.257 e. The second-order valence-electron chi connectivity index (χ2n) is 3.73. The van der Waals surface area contributed by atoms with E-state index in [1.165, 1.54) is 7.11 Å². The van der Waals surface area contributed by atoms with E-state index in [0.717, 1.165) is 6.42 Å². The summed E-state index contributed by atoms with van der Waals surface area (Å²) < 4.78 is 10.3. The molecule has 0 heterocycles. The number of amides is 1. The Morgan fingerprint density at radius 1 is 1.44 bits per heavy atom. The van der Waals surface area contributed by atoms with E-state index in [1.807, 2.05) is 6.92 Å². The standard InChI is InChI=1S/C13H20N2O3/c1-3-18-9-5-8-15-13(16)12-10(14)6-4-7-11(12)17-2/h4,6-7H,3,5,8-9,14H2,1-2H3,(H,15,16). The lowest BCUT2D eigenvalue weighted by atomic mass is 10.1. The van der Waals surface area contributed by atoms with Gasteiger partial charge < -0.3 is 20.5 Å². The zero-order valence-corrected chi connectivity index (χ0v) is 10.9. The van der Waals surface area contributed by atoms with Crippen LogP contribution in [0.5, 0.6) is 5.75 Å². The molecular weight excluding hydrogens is 232 g/mol. The largest absolute Gasteiger partial charge is 0.496 e. The van der Waals surface area contributed by atoms with Crippen molar-refractivity contribution in [1.29, 1.82) is 0 Å². The molecule has 100 valence electrons. The van der Waals surface area contributed by atoms with Crippen LogP contribution in [0.25, 0.3) is 0 Å². The van der Waals surface area contributed by atoms with Gasteiger partial charge in [0, 0.05) is 25.4 Å². The van der Waals surface area contributed by atoms with Crippen LogP contribution >= 0.6 is 0 Å². The first kappa shape index (κ1) is 14.3. The van der Waals surface area contributed by atoms with Gasteiger partial charge in [0.1, 0.15) is 11.3 Å². The van der Waals surface area contributed by atoms with Crippen LogP contribution in [-0.4, -0.2) is 32.8 Å². The van der Waals surface area contributed by atoms with Gasteiger partial charge in [-0.25, -0.2) is 0 Å². The Morgan fingerprint density at radius 3 is 2.89 bits per heavy atom. The predicted octanol–water partition coefficient (Wildman–Crippen LogP) is 1.43. The summed E-state index contributed by atoms with van der Waals surface area (Å²) in [5, 5.41) is 2.79. The number of nitrogens with two attached hydrogens (primary N) is 1. The van der Waals surface area contributed by atoms with Crippen LogP contribution in [0.3, 0.4) is 0 Å². The van der Waals surface area contributed by atoms with Gasteiger partial charge in [-0.15, -0.1) is 0 Å². The van der Waals surface area contributed by atoms with Crippen LogP contribution in [0, 0.1) is 0 Å². The smallest absolute Gasteiger partial charge is 0.257 e. The lowest BCUT2D eigenvalue weighted by Gasteiger charge is -2.11. The number of ether oxygens (including phenoxy) is 2. The number of carbonyl (C=O) groups excluding carboxylic acids is 1. The summed E-state index contributed by atoms with van der Waals surface area (Å²) in [5.41, 5.74) is 6.58. The fourth-order valence-corrected chi connectivity index (χ4v) is 1.57. The number of nitrogens with one attached hydrogen (secondary N) is 1. The van der Waals surface area contributed by atoms with Crippen molar-refractivity contribution in [3.05, 3.63) is 23.8 Å². The van der Waals surface area contributed by atoms with Crippen molar-refractivity contribution < 1.29 is 14.3 Å². The van der Waals surface area contributed by atoms with Crippen LogP contribution in [0.2, 0.25) is 0 Å². The third-order valence-electron chi connectivity index (χ3n) is 2.46. The van der Waals surface area contributed by atoms with Gasteiger partial charge >= 0.3 is 0 Å². The van der Waals surface area contributed by atoms with Crippen molar-refractivity contribution in [2.24, 2.45) is 0 Å². The molecule has 0 bridgehead atoms. The quantitative estimate of drug-likeness (QED) is 0.569. The molecule has 0 unspecified atom stereocenters. The highest BCUT2D eigenvalue weighted by Gasteiger charge is 2.14. The number of methoxy groups -OCH3 is 1. The zero-order chi connectivity index (χ0) is 13.4. The number of hydrogen-bond donors (Lipinski definition) is 2. The number of hydrogen-bond acceptors (Lipinski definition) is 4. The van der Waals surface area contributed by atoms with Crippen molar-refractivity contribution in [3.8, 4) is 5.75 Å². The molecule has 1 aromatic rings. The zero-order valence-electron chi connectivity index (χ0n) is 10.9. The van der Waals surface area contributed by atoms with Crippen molar-refractivity contribution in [2.75, 3.05) is 32.6 Å². The van der Waals surface area contributed by atoms with E-state index in [-0.39, 0.29) is 5.91 Å². The molecule has 0 fully saturated rings. The maximum atomic E-state index is 12.0. The molecule has 3 N–H and O–H groups in total. The first-order chi connectivity index (χ1) is 8.70. The first-order valence-corrected chi connectivity index (χ1v) is 5.99. The van der Waals surface area contributed by atoms with Gasteiger partial charge in [-0.3, -0.25) is 4.79 Å². The average molecular weight is 252 g/mol. The summed E-state index contributed by atoms with van der Waals surface area (Å²) in [7, 11) is 1.51. The molecule has 0 aromatic heterocycles. The van der Waals surface area contributed by atoms with Crippen LogP contribution in [0.1, 0.15) is 23.7 Å². The minimum Gasteiger partial charge on any atom is -0.496 e. The van der Waals surface area contributed by atoms with Crippen molar-refractivity contribution in [1.82, 2.24) is 5.32 Å². The molecule has 1 amide bonds. The van der Waals surface area contributed by atoms with E-state index in [2.05, 4.69) is 5.32 Å². The summed E-state index contributed by atoms with van der Waals surface area (Å²) >= 11 is 0. The molecule has 0 aliphatic carbocycles. The van der Waals surface area contributed by atoms with Crippen LogP contribution < -0.4 is 15.8 Å². The van der Waals surface area contributed by atoms with Crippen LogP contribution in [0.4, 0.5) is 5.69 Å². The highest BCUT2D eigenvalue weighted by molar-refractivity contribution is 6.01. The predicted molar refractivity (Wildman–Crippen MR) is 70.8 cm³/mol. The molecular formula is C13H20N2O3. The highest BCUT2D eigenvalue weighted by Crippen LogP contribution is 2.23. The summed E-state index contributed by atoms with van der Waals surface area (Å²) in [6.45, 7) is 3.82. The number of rotatable bonds is 7. The van der Waals surface area contributed by atoms with Gasteiger partial charge in [0.15, 0.2) is 0 Å². The number of carbonyl (C=O) groups is 1. The molecule has 0 aliphatic rings. The van der Waals surface area contributed by atoms with E-state index in [0.29, 0.717) is 36.8 Å². The van der Waals surface area contributed by atoms with Crippen LogP contribution in [-0.2, 0) is 4.74 Å². The van der Waals surface area contributed by atoms with Gasteiger partial charge in [0.2, 0.25) is 0 Å². The molecule has 5 nitrogen and oxygen atoms in total. The molecule has 0 atom stereocenters. The van der Waals surface area contributed by atoms with E-state index >= 15 is 0 Å². The van der Waals surface area contributed by atoms with Crippen LogP contribution in [0.15, 0.2) is 18.2 Å². The second kappa shape index (κ2) is 7.55. The minimum atomic E-state index is -0.221. The third kappa shape index (κ3) is 3.92. The number of benzene rings is 1. The topological polar surface area (TPSA) is 73.6 Å². The Labute approximate surface area is 107 Å². The number of anilines is 1. The van der Waals surface area contributed by atoms with E-state index in [9.17, 15) is 4.79 Å². The minimum absolute atomic E-state index is 0.221. The molecule has 1 aromatic carbocycles. The van der Waals surface area contributed by atoms with Gasteiger partial charge in [-0.2, -0.15) is 0 Å². The average Bonchev–Trinajstić information content (AvgIpc) is 2.37. The lowest BCUT2D eigenvalue weighted by Crippen LogP contribution is -2.26. The summed E-state index contributed by atoms with van der Waals surface area (Å²) in [6.07, 6.45) is 0.772. The third-order valence-corrected chi connectivity index (χ3v) is 2.46. The molecule has 0 saturated heterocycles. The Kier molecular flexibility index (Phi) is 6.00. The maximum absolute atomic E-state index is 12.0. The monoisotopic (exact) mass is 252 g/mol. The van der Waals surface area contributed by atoms with Gasteiger partial charge in [0.05, 0.1) is 7.11 Å². The molecule has 0 saturated carbocycles. The summed E-state index contributed by atoms with van der Waals surface area (Å²) in [4.78, 5) is 12.0. The van der Waals surface area contributed by atoms with E-state index in [1.54, 1.807) is 18.2 Å². The SMILES string of the molecule is CCOCCCNC(=O)c1c(N)cccc1OC. The second-order valence-corrected chi connectivity index (χ2v) is 3.73. The molecule has 1 rings (SSSR count). The first-order valence-electron chi connectivity index (χ1n) is 5.99. The Morgan fingerprint density at radius 2 is 2.22 bits per heavy atom. The van der Waals surface area contributed by atoms with Crippen molar-refractivity contribution in [3.63, 3.8) is 0 Å². The van der Waals surface area contributed by atoms with Crippen molar-refractivity contribution >= 4 is 11.6 Å². The molecule has 5 heteroatoms. The fraction of sp³-hybridized carbons (Fsp3) is 0.462. The molecule has 0 radical (unpaired) electrons. The summed E-state index contributed by atoms with van der Waals surface area (Å²) in [6, 6.07) is 5.14. The molecule has 18 heavy (non-hydrogen) atoms. The Balaban J connectivity index is 2.56. The van der Waals surface area contributed by atoms with Crippen molar-refractivity contribution in [2.45, 2.75) is 13.3 Å². The number of nitrogen functional groups attached to an aromatic ring is 1. The fourth-order valence-electron chi connectivity index (χ4n) is 1.57.